The zero-order chi connectivity index (χ0) is 15.5. The van der Waals surface area contributed by atoms with Gasteiger partial charge in [-0.25, -0.2) is 4.39 Å². The Morgan fingerprint density at radius 1 is 1.05 bits per heavy atom. The Kier molecular flexibility index (Phi) is 5.00. The minimum absolute atomic E-state index is 0.139. The van der Waals surface area contributed by atoms with Crippen LogP contribution in [0.2, 0.25) is 0 Å². The van der Waals surface area contributed by atoms with Gasteiger partial charge in [0.05, 0.1) is 0 Å². The van der Waals surface area contributed by atoms with Crippen LogP contribution in [-0.4, -0.2) is 6.54 Å². The first-order chi connectivity index (χ1) is 9.92. The van der Waals surface area contributed by atoms with Crippen LogP contribution in [0.3, 0.4) is 0 Å². The summed E-state index contributed by atoms with van der Waals surface area (Å²) in [5.41, 5.74) is 1.43. The van der Waals surface area contributed by atoms with Crippen molar-refractivity contribution in [3.8, 4) is 0 Å². The van der Waals surface area contributed by atoms with E-state index >= 15 is 0 Å². The van der Waals surface area contributed by atoms with Gasteiger partial charge in [0.15, 0.2) is 0 Å². The predicted octanol–water partition coefficient (Wildman–Crippen LogP) is 5.46. The topological polar surface area (TPSA) is 12.0 Å². The van der Waals surface area contributed by atoms with E-state index < -0.39 is 0 Å². The van der Waals surface area contributed by atoms with Crippen molar-refractivity contribution >= 4 is 10.8 Å². The van der Waals surface area contributed by atoms with Crippen LogP contribution >= 0.6 is 0 Å². The molecule has 0 saturated heterocycles. The minimum Gasteiger partial charge on any atom is -0.310 e. The summed E-state index contributed by atoms with van der Waals surface area (Å²) < 4.78 is 14.0. The average molecular weight is 287 g/mol. The summed E-state index contributed by atoms with van der Waals surface area (Å²) in [5.74, 6) is -0.139. The fourth-order valence-electron chi connectivity index (χ4n) is 2.81. The molecule has 114 valence electrons. The van der Waals surface area contributed by atoms with E-state index in [4.69, 9.17) is 0 Å². The molecule has 1 atom stereocenters. The highest BCUT2D eigenvalue weighted by Crippen LogP contribution is 2.33. The van der Waals surface area contributed by atoms with Crippen molar-refractivity contribution in [2.45, 2.75) is 46.6 Å². The van der Waals surface area contributed by atoms with Crippen molar-refractivity contribution in [1.82, 2.24) is 5.32 Å². The quantitative estimate of drug-likeness (QED) is 0.770. The lowest BCUT2D eigenvalue weighted by Crippen LogP contribution is -2.26. The zero-order valence-electron chi connectivity index (χ0n) is 13.5. The van der Waals surface area contributed by atoms with E-state index in [9.17, 15) is 4.39 Å². The van der Waals surface area contributed by atoms with Crippen molar-refractivity contribution < 1.29 is 4.39 Å². The Bertz CT molecular complexity index is 598. The van der Waals surface area contributed by atoms with Crippen LogP contribution in [0.5, 0.6) is 0 Å². The van der Waals surface area contributed by atoms with Gasteiger partial charge in [-0.1, -0.05) is 58.0 Å². The molecule has 21 heavy (non-hydrogen) atoms. The summed E-state index contributed by atoms with van der Waals surface area (Å²) in [5, 5.41) is 5.37. The van der Waals surface area contributed by atoms with E-state index in [0.29, 0.717) is 5.39 Å². The van der Waals surface area contributed by atoms with Crippen molar-refractivity contribution in [3.63, 3.8) is 0 Å². The summed E-state index contributed by atoms with van der Waals surface area (Å²) >= 11 is 0. The molecule has 0 aliphatic carbocycles. The van der Waals surface area contributed by atoms with Gasteiger partial charge in [0, 0.05) is 11.4 Å². The molecule has 0 aliphatic heterocycles. The molecule has 1 nitrogen and oxygen atoms in total. The summed E-state index contributed by atoms with van der Waals surface area (Å²) in [6.07, 6.45) is 2.13. The lowest BCUT2D eigenvalue weighted by atomic mass is 9.84. The van der Waals surface area contributed by atoms with Crippen molar-refractivity contribution in [2.75, 3.05) is 6.54 Å². The number of fused-ring (bicyclic) bond motifs is 1. The molecule has 0 radical (unpaired) electrons. The zero-order valence-corrected chi connectivity index (χ0v) is 13.5. The third-order valence-electron chi connectivity index (χ3n) is 3.74. The van der Waals surface area contributed by atoms with Crippen LogP contribution in [0.4, 0.5) is 4.39 Å². The van der Waals surface area contributed by atoms with Gasteiger partial charge in [-0.2, -0.15) is 0 Å². The number of hydrogen-bond acceptors (Lipinski definition) is 1. The second kappa shape index (κ2) is 6.57. The molecule has 0 aliphatic rings. The number of hydrogen-bond donors (Lipinski definition) is 1. The Balaban J connectivity index is 2.46. The van der Waals surface area contributed by atoms with Gasteiger partial charge in [0.1, 0.15) is 5.82 Å². The summed E-state index contributed by atoms with van der Waals surface area (Å²) in [7, 11) is 0. The Labute approximate surface area is 127 Å². The maximum atomic E-state index is 14.0. The summed E-state index contributed by atoms with van der Waals surface area (Å²) in [6.45, 7) is 9.90. The van der Waals surface area contributed by atoms with E-state index in [1.165, 1.54) is 5.56 Å². The molecular weight excluding hydrogens is 261 g/mol. The minimum atomic E-state index is -0.139. The lowest BCUT2D eigenvalue weighted by molar-refractivity contribution is 0.312. The second-order valence-corrected chi connectivity index (χ2v) is 6.95. The van der Waals surface area contributed by atoms with Crippen molar-refractivity contribution in [3.05, 3.63) is 47.8 Å². The molecule has 2 aromatic rings. The molecule has 1 N–H and O–H groups in total. The van der Waals surface area contributed by atoms with Gasteiger partial charge in [-0.05, 0) is 41.8 Å². The van der Waals surface area contributed by atoms with Gasteiger partial charge in [-0.3, -0.25) is 0 Å². The molecule has 0 heterocycles. The van der Waals surface area contributed by atoms with E-state index in [-0.39, 0.29) is 17.3 Å². The largest absolute Gasteiger partial charge is 0.310 e. The van der Waals surface area contributed by atoms with Crippen LogP contribution in [0.15, 0.2) is 36.4 Å². The third-order valence-corrected chi connectivity index (χ3v) is 3.74. The first-order valence-corrected chi connectivity index (χ1v) is 7.83. The molecule has 2 rings (SSSR count). The predicted molar refractivity (Wildman–Crippen MR) is 89.0 cm³/mol. The van der Waals surface area contributed by atoms with Crippen molar-refractivity contribution in [1.29, 1.82) is 0 Å². The van der Waals surface area contributed by atoms with E-state index in [1.54, 1.807) is 6.07 Å². The SMILES string of the molecule is CCCNC(CC(C)(C)C)c1ccc(F)c2ccccc12. The molecule has 0 bridgehead atoms. The lowest BCUT2D eigenvalue weighted by Gasteiger charge is -2.28. The maximum absolute atomic E-state index is 14.0. The van der Waals surface area contributed by atoms with E-state index in [0.717, 1.165) is 24.8 Å². The van der Waals surface area contributed by atoms with Crippen LogP contribution < -0.4 is 5.32 Å². The number of nitrogens with one attached hydrogen (secondary N) is 1. The normalized spacial score (nSPS) is 13.6. The summed E-state index contributed by atoms with van der Waals surface area (Å²) in [6, 6.07) is 11.6. The van der Waals surface area contributed by atoms with Gasteiger partial charge in [-0.15, -0.1) is 0 Å². The molecule has 2 heteroatoms. The second-order valence-electron chi connectivity index (χ2n) is 6.95. The number of benzene rings is 2. The molecule has 0 spiro atoms. The Morgan fingerprint density at radius 2 is 1.71 bits per heavy atom. The fourth-order valence-corrected chi connectivity index (χ4v) is 2.81. The third kappa shape index (κ3) is 4.04. The molecule has 0 saturated carbocycles. The number of rotatable bonds is 5. The highest BCUT2D eigenvalue weighted by atomic mass is 19.1. The van der Waals surface area contributed by atoms with Gasteiger partial charge < -0.3 is 5.32 Å². The van der Waals surface area contributed by atoms with Crippen LogP contribution in [0, 0.1) is 11.2 Å². The molecule has 2 aromatic carbocycles. The molecular formula is C19H26FN. The average Bonchev–Trinajstić information content (AvgIpc) is 2.43. The smallest absolute Gasteiger partial charge is 0.131 e. The monoisotopic (exact) mass is 287 g/mol. The van der Waals surface area contributed by atoms with Gasteiger partial charge >= 0.3 is 0 Å². The first-order valence-electron chi connectivity index (χ1n) is 7.83. The van der Waals surface area contributed by atoms with Crippen molar-refractivity contribution in [2.24, 2.45) is 5.41 Å². The standard InChI is InChI=1S/C19H26FN/c1-5-12-21-18(13-19(2,3)4)16-10-11-17(20)15-9-7-6-8-14(15)16/h6-11,18,21H,5,12-13H2,1-4H3. The highest BCUT2D eigenvalue weighted by molar-refractivity contribution is 5.86. The molecule has 0 aromatic heterocycles. The Morgan fingerprint density at radius 3 is 2.33 bits per heavy atom. The Hall–Kier alpha value is -1.41. The molecule has 0 amide bonds. The summed E-state index contributed by atoms with van der Waals surface area (Å²) in [4.78, 5) is 0. The van der Waals surface area contributed by atoms with Gasteiger partial charge in [0.25, 0.3) is 0 Å². The fraction of sp³-hybridized carbons (Fsp3) is 0.474. The molecule has 0 fully saturated rings. The van der Waals surface area contributed by atoms with E-state index in [1.807, 2.05) is 30.3 Å². The number of halogens is 1. The van der Waals surface area contributed by atoms with E-state index in [2.05, 4.69) is 33.0 Å². The molecule has 1 unspecified atom stereocenters. The highest BCUT2D eigenvalue weighted by Gasteiger charge is 2.21. The maximum Gasteiger partial charge on any atom is 0.131 e. The first kappa shape index (κ1) is 16.0. The van der Waals surface area contributed by atoms with Crippen LogP contribution in [-0.2, 0) is 0 Å². The van der Waals surface area contributed by atoms with Crippen LogP contribution in [0.25, 0.3) is 10.8 Å². The van der Waals surface area contributed by atoms with Crippen LogP contribution in [0.1, 0.15) is 52.1 Å². The van der Waals surface area contributed by atoms with Gasteiger partial charge in [0.2, 0.25) is 0 Å².